The average Bonchev–Trinajstić information content (AvgIpc) is 2.88. The summed E-state index contributed by atoms with van der Waals surface area (Å²) < 4.78 is 11.3. The molecule has 1 aromatic rings. The molecule has 3 heterocycles. The predicted molar refractivity (Wildman–Crippen MR) is 69.8 cm³/mol. The monoisotopic (exact) mass is 261 g/mol. The second kappa shape index (κ2) is 5.39. The summed E-state index contributed by atoms with van der Waals surface area (Å²) in [5.41, 5.74) is 0.861. The Balaban J connectivity index is 1.63. The van der Waals surface area contributed by atoms with Crippen molar-refractivity contribution in [2.45, 2.75) is 31.3 Å². The first-order valence-electron chi connectivity index (χ1n) is 6.91. The number of ether oxygens (including phenoxy) is 2. The van der Waals surface area contributed by atoms with Crippen LogP contribution in [-0.2, 0) is 20.7 Å². The fraction of sp³-hybridized carbons (Fsp3) is 0.600. The number of rotatable bonds is 3. The molecule has 0 amide bonds. The van der Waals surface area contributed by atoms with Gasteiger partial charge in [-0.25, -0.2) is 0 Å². The molecule has 4 nitrogen and oxygen atoms in total. The first-order valence-corrected chi connectivity index (χ1v) is 6.91. The van der Waals surface area contributed by atoms with Crippen LogP contribution in [0.5, 0.6) is 0 Å². The Kier molecular flexibility index (Phi) is 3.62. The van der Waals surface area contributed by atoms with E-state index in [1.165, 1.54) is 0 Å². The fourth-order valence-electron chi connectivity index (χ4n) is 3.01. The SMILES string of the molecule is O=C(Cc1ccncc1)C1CCOC2(CCOC2)C1. The lowest BCUT2D eigenvalue weighted by molar-refractivity contribution is -0.136. The van der Waals surface area contributed by atoms with Gasteiger partial charge in [-0.15, -0.1) is 0 Å². The molecule has 0 radical (unpaired) electrons. The predicted octanol–water partition coefficient (Wildman–Crippen LogP) is 1.78. The van der Waals surface area contributed by atoms with E-state index >= 15 is 0 Å². The number of pyridine rings is 1. The van der Waals surface area contributed by atoms with Crippen molar-refractivity contribution in [1.82, 2.24) is 4.98 Å². The van der Waals surface area contributed by atoms with E-state index in [4.69, 9.17) is 9.47 Å². The summed E-state index contributed by atoms with van der Waals surface area (Å²) in [4.78, 5) is 16.4. The van der Waals surface area contributed by atoms with Crippen LogP contribution in [0.25, 0.3) is 0 Å². The van der Waals surface area contributed by atoms with Gasteiger partial charge >= 0.3 is 0 Å². The highest BCUT2D eigenvalue weighted by Crippen LogP contribution is 2.36. The molecule has 0 aliphatic carbocycles. The van der Waals surface area contributed by atoms with E-state index in [-0.39, 0.29) is 11.5 Å². The molecule has 2 aliphatic rings. The molecule has 4 heteroatoms. The summed E-state index contributed by atoms with van der Waals surface area (Å²) in [5.74, 6) is 0.435. The van der Waals surface area contributed by atoms with E-state index < -0.39 is 0 Å². The van der Waals surface area contributed by atoms with Gasteiger partial charge in [-0.3, -0.25) is 9.78 Å². The van der Waals surface area contributed by atoms with Crippen molar-refractivity contribution < 1.29 is 14.3 Å². The Morgan fingerprint density at radius 1 is 1.37 bits per heavy atom. The first kappa shape index (κ1) is 12.8. The lowest BCUT2D eigenvalue weighted by Gasteiger charge is -2.36. The summed E-state index contributed by atoms with van der Waals surface area (Å²) >= 11 is 0. The van der Waals surface area contributed by atoms with Crippen LogP contribution in [0.3, 0.4) is 0 Å². The molecule has 1 spiro atoms. The van der Waals surface area contributed by atoms with Crippen LogP contribution in [0.2, 0.25) is 0 Å². The molecule has 3 rings (SSSR count). The zero-order valence-corrected chi connectivity index (χ0v) is 11.0. The molecular weight excluding hydrogens is 242 g/mol. The van der Waals surface area contributed by atoms with Crippen molar-refractivity contribution in [2.75, 3.05) is 19.8 Å². The molecular formula is C15H19NO3. The number of carbonyl (C=O) groups excluding carboxylic acids is 1. The first-order chi connectivity index (χ1) is 9.27. The van der Waals surface area contributed by atoms with Crippen molar-refractivity contribution in [2.24, 2.45) is 5.92 Å². The van der Waals surface area contributed by atoms with E-state index in [0.717, 1.165) is 31.4 Å². The molecule has 2 atom stereocenters. The Morgan fingerprint density at radius 3 is 2.95 bits per heavy atom. The van der Waals surface area contributed by atoms with Crippen molar-refractivity contribution >= 4 is 5.78 Å². The van der Waals surface area contributed by atoms with Crippen molar-refractivity contribution in [3.8, 4) is 0 Å². The van der Waals surface area contributed by atoms with Crippen LogP contribution in [0.4, 0.5) is 0 Å². The molecule has 2 fully saturated rings. The summed E-state index contributed by atoms with van der Waals surface area (Å²) in [6.07, 6.45) is 6.55. The molecule has 1 aromatic heterocycles. The standard InChI is InChI=1S/C15H19NO3/c17-14(9-12-1-5-16-6-2-12)13-3-7-19-15(10-13)4-8-18-11-15/h1-2,5-6,13H,3-4,7-11H2. The molecule has 2 saturated heterocycles. The van der Waals surface area contributed by atoms with Gasteiger partial charge in [0.25, 0.3) is 0 Å². The smallest absolute Gasteiger partial charge is 0.140 e. The van der Waals surface area contributed by atoms with E-state index in [0.29, 0.717) is 25.4 Å². The topological polar surface area (TPSA) is 48.4 Å². The summed E-state index contributed by atoms with van der Waals surface area (Å²) in [6.45, 7) is 2.08. The molecule has 19 heavy (non-hydrogen) atoms. The molecule has 2 unspecified atom stereocenters. The zero-order chi connectivity index (χ0) is 13.1. The Bertz CT molecular complexity index is 440. The normalized spacial score (nSPS) is 30.6. The van der Waals surface area contributed by atoms with Gasteiger partial charge < -0.3 is 9.47 Å². The van der Waals surface area contributed by atoms with Gasteiger partial charge in [-0.2, -0.15) is 0 Å². The quantitative estimate of drug-likeness (QED) is 0.832. The maximum absolute atomic E-state index is 12.4. The van der Waals surface area contributed by atoms with Gasteiger partial charge in [0.2, 0.25) is 0 Å². The van der Waals surface area contributed by atoms with E-state index in [1.54, 1.807) is 12.4 Å². The van der Waals surface area contributed by atoms with Crippen LogP contribution in [0, 0.1) is 5.92 Å². The number of hydrogen-bond acceptors (Lipinski definition) is 4. The highest BCUT2D eigenvalue weighted by atomic mass is 16.6. The van der Waals surface area contributed by atoms with Gasteiger partial charge in [0.05, 0.1) is 12.2 Å². The van der Waals surface area contributed by atoms with E-state index in [9.17, 15) is 4.79 Å². The second-order valence-electron chi connectivity index (χ2n) is 5.52. The summed E-state index contributed by atoms with van der Waals surface area (Å²) in [6, 6.07) is 3.82. The molecule has 2 aliphatic heterocycles. The largest absolute Gasteiger partial charge is 0.378 e. The van der Waals surface area contributed by atoms with Crippen molar-refractivity contribution in [3.63, 3.8) is 0 Å². The lowest BCUT2D eigenvalue weighted by Crippen LogP contribution is -2.42. The highest BCUT2D eigenvalue weighted by molar-refractivity contribution is 5.83. The van der Waals surface area contributed by atoms with Crippen molar-refractivity contribution in [1.29, 1.82) is 0 Å². The molecule has 102 valence electrons. The summed E-state index contributed by atoms with van der Waals surface area (Å²) in [7, 11) is 0. The van der Waals surface area contributed by atoms with Gasteiger partial charge in [0.15, 0.2) is 0 Å². The third-order valence-electron chi connectivity index (χ3n) is 4.14. The zero-order valence-electron chi connectivity index (χ0n) is 11.0. The van der Waals surface area contributed by atoms with Crippen LogP contribution >= 0.6 is 0 Å². The number of Topliss-reactive ketones (excluding diaryl/α,β-unsaturated/α-hetero) is 1. The van der Waals surface area contributed by atoms with Gasteiger partial charge in [-0.05, 0) is 30.5 Å². The lowest BCUT2D eigenvalue weighted by atomic mass is 9.81. The number of nitrogens with zero attached hydrogens (tertiary/aromatic N) is 1. The maximum atomic E-state index is 12.4. The molecule has 0 aromatic carbocycles. The minimum absolute atomic E-state index is 0.114. The highest BCUT2D eigenvalue weighted by Gasteiger charge is 2.42. The fourth-order valence-corrected chi connectivity index (χ4v) is 3.01. The Hall–Kier alpha value is -1.26. The van der Waals surface area contributed by atoms with Crippen LogP contribution in [0.1, 0.15) is 24.8 Å². The second-order valence-corrected chi connectivity index (χ2v) is 5.52. The van der Waals surface area contributed by atoms with Gasteiger partial charge in [0.1, 0.15) is 5.78 Å². The van der Waals surface area contributed by atoms with Gasteiger partial charge in [0, 0.05) is 44.4 Å². The van der Waals surface area contributed by atoms with Crippen LogP contribution in [0.15, 0.2) is 24.5 Å². The molecule has 0 bridgehead atoms. The maximum Gasteiger partial charge on any atom is 0.140 e. The number of carbonyl (C=O) groups is 1. The number of hydrogen-bond donors (Lipinski definition) is 0. The van der Waals surface area contributed by atoms with E-state index in [2.05, 4.69) is 4.98 Å². The summed E-state index contributed by atoms with van der Waals surface area (Å²) in [5, 5.41) is 0. The van der Waals surface area contributed by atoms with Gasteiger partial charge in [-0.1, -0.05) is 0 Å². The third-order valence-corrected chi connectivity index (χ3v) is 4.14. The number of aromatic nitrogens is 1. The average molecular weight is 261 g/mol. The minimum atomic E-state index is -0.184. The Morgan fingerprint density at radius 2 is 2.21 bits per heavy atom. The Labute approximate surface area is 113 Å². The van der Waals surface area contributed by atoms with Crippen molar-refractivity contribution in [3.05, 3.63) is 30.1 Å². The minimum Gasteiger partial charge on any atom is -0.378 e. The van der Waals surface area contributed by atoms with Crippen LogP contribution < -0.4 is 0 Å². The van der Waals surface area contributed by atoms with Crippen LogP contribution in [-0.4, -0.2) is 36.2 Å². The third kappa shape index (κ3) is 2.85. The van der Waals surface area contributed by atoms with E-state index in [1.807, 2.05) is 12.1 Å². The number of ketones is 1. The molecule has 0 N–H and O–H groups in total. The molecule has 0 saturated carbocycles.